The largest absolute Gasteiger partial charge is 0.393 e. The van der Waals surface area contributed by atoms with Gasteiger partial charge in [0.25, 0.3) is 0 Å². The van der Waals surface area contributed by atoms with Crippen molar-refractivity contribution in [2.24, 2.45) is 0 Å². The van der Waals surface area contributed by atoms with E-state index < -0.39 is 0 Å². The third-order valence-electron chi connectivity index (χ3n) is 2.06. The summed E-state index contributed by atoms with van der Waals surface area (Å²) in [5.41, 5.74) is 8.95. The van der Waals surface area contributed by atoms with Gasteiger partial charge in [0, 0.05) is 12.4 Å². The van der Waals surface area contributed by atoms with Crippen molar-refractivity contribution in [2.45, 2.75) is 6.54 Å². The Hall–Kier alpha value is -1.40. The molecule has 0 fully saturated rings. The second-order valence-electron chi connectivity index (χ2n) is 3.24. The van der Waals surface area contributed by atoms with Crippen LogP contribution in [0.15, 0.2) is 17.2 Å². The first-order valence-corrected chi connectivity index (χ1v) is 5.84. The molecule has 16 heavy (non-hydrogen) atoms. The van der Waals surface area contributed by atoms with Crippen molar-refractivity contribution in [3.05, 3.63) is 28.1 Å². The van der Waals surface area contributed by atoms with Gasteiger partial charge in [-0.25, -0.2) is 15.0 Å². The quantitative estimate of drug-likeness (QED) is 0.847. The lowest BCUT2D eigenvalue weighted by atomic mass is 10.4. The molecular formula is C9H10ClN5S. The van der Waals surface area contributed by atoms with Crippen molar-refractivity contribution in [2.75, 3.05) is 17.7 Å². The standard InChI is InChI=1S/C9H10ClN5S/c1-15(2-6-3-16-5-14-6)9-7(11)8(10)12-4-13-9/h3-5H,2,11H2,1H3. The molecule has 84 valence electrons. The van der Waals surface area contributed by atoms with Crippen LogP contribution in [0.2, 0.25) is 5.15 Å². The van der Waals surface area contributed by atoms with Crippen LogP contribution in [-0.4, -0.2) is 22.0 Å². The molecule has 7 heteroatoms. The molecule has 0 unspecified atom stereocenters. The van der Waals surface area contributed by atoms with Crippen LogP contribution in [0.25, 0.3) is 0 Å². The summed E-state index contributed by atoms with van der Waals surface area (Å²) in [5, 5.41) is 2.25. The van der Waals surface area contributed by atoms with E-state index in [0.29, 0.717) is 18.1 Å². The highest BCUT2D eigenvalue weighted by atomic mass is 35.5. The number of nitrogens with zero attached hydrogens (tertiary/aromatic N) is 4. The van der Waals surface area contributed by atoms with E-state index >= 15 is 0 Å². The zero-order chi connectivity index (χ0) is 11.5. The molecule has 0 saturated heterocycles. The SMILES string of the molecule is CN(Cc1cscn1)c1ncnc(Cl)c1N. The topological polar surface area (TPSA) is 67.9 Å². The number of nitrogen functional groups attached to an aromatic ring is 1. The van der Waals surface area contributed by atoms with Crippen LogP contribution < -0.4 is 10.6 Å². The number of nitrogens with two attached hydrogens (primary N) is 1. The molecule has 0 aliphatic heterocycles. The summed E-state index contributed by atoms with van der Waals surface area (Å²) < 4.78 is 0. The minimum atomic E-state index is 0.273. The summed E-state index contributed by atoms with van der Waals surface area (Å²) in [5.74, 6) is 0.619. The Morgan fingerprint density at radius 2 is 2.25 bits per heavy atom. The van der Waals surface area contributed by atoms with Crippen LogP contribution >= 0.6 is 22.9 Å². The molecule has 0 spiro atoms. The number of rotatable bonds is 3. The maximum atomic E-state index is 5.82. The molecular weight excluding hydrogens is 246 g/mol. The fourth-order valence-corrected chi connectivity index (χ4v) is 1.98. The Balaban J connectivity index is 2.21. The highest BCUT2D eigenvalue weighted by molar-refractivity contribution is 7.07. The summed E-state index contributed by atoms with van der Waals surface area (Å²) in [6, 6.07) is 0. The minimum Gasteiger partial charge on any atom is -0.393 e. The summed E-state index contributed by atoms with van der Waals surface area (Å²) in [7, 11) is 1.88. The number of halogens is 1. The lowest BCUT2D eigenvalue weighted by molar-refractivity contribution is 0.871. The van der Waals surface area contributed by atoms with E-state index in [1.54, 1.807) is 16.8 Å². The zero-order valence-corrected chi connectivity index (χ0v) is 10.2. The Morgan fingerprint density at radius 3 is 2.94 bits per heavy atom. The maximum absolute atomic E-state index is 5.82. The molecule has 2 aromatic rings. The molecule has 0 aliphatic rings. The van der Waals surface area contributed by atoms with Gasteiger partial charge in [-0.1, -0.05) is 11.6 Å². The van der Waals surface area contributed by atoms with Crippen molar-refractivity contribution in [1.82, 2.24) is 15.0 Å². The lowest BCUT2D eigenvalue weighted by Gasteiger charge is -2.18. The van der Waals surface area contributed by atoms with Crippen LogP contribution in [0.5, 0.6) is 0 Å². The predicted molar refractivity (Wildman–Crippen MR) is 65.7 cm³/mol. The Labute approximate surface area is 102 Å². The molecule has 2 rings (SSSR count). The normalized spacial score (nSPS) is 10.4. The van der Waals surface area contributed by atoms with Gasteiger partial charge in [0.05, 0.1) is 17.7 Å². The third-order valence-corrected chi connectivity index (χ3v) is 2.99. The number of anilines is 2. The molecule has 0 bridgehead atoms. The van der Waals surface area contributed by atoms with Gasteiger partial charge in [-0.05, 0) is 0 Å². The van der Waals surface area contributed by atoms with E-state index in [1.807, 2.05) is 17.3 Å². The summed E-state index contributed by atoms with van der Waals surface area (Å²) in [6.45, 7) is 0.640. The summed E-state index contributed by atoms with van der Waals surface area (Å²) >= 11 is 7.38. The molecule has 2 heterocycles. The summed E-state index contributed by atoms with van der Waals surface area (Å²) in [4.78, 5) is 14.0. The fourth-order valence-electron chi connectivity index (χ4n) is 1.30. The van der Waals surface area contributed by atoms with Gasteiger partial charge in [-0.15, -0.1) is 11.3 Å². The molecule has 0 saturated carbocycles. The van der Waals surface area contributed by atoms with Gasteiger partial charge in [0.1, 0.15) is 12.0 Å². The van der Waals surface area contributed by atoms with Crippen molar-refractivity contribution in [3.63, 3.8) is 0 Å². The highest BCUT2D eigenvalue weighted by Crippen LogP contribution is 2.25. The van der Waals surface area contributed by atoms with E-state index in [1.165, 1.54) is 6.33 Å². The average Bonchev–Trinajstić information content (AvgIpc) is 2.74. The Morgan fingerprint density at radius 1 is 1.44 bits per heavy atom. The first kappa shape index (κ1) is 11.1. The maximum Gasteiger partial charge on any atom is 0.157 e. The monoisotopic (exact) mass is 255 g/mol. The zero-order valence-electron chi connectivity index (χ0n) is 8.59. The van der Waals surface area contributed by atoms with Gasteiger partial charge in [0.2, 0.25) is 0 Å². The van der Waals surface area contributed by atoms with Crippen LogP contribution in [-0.2, 0) is 6.54 Å². The summed E-state index contributed by atoms with van der Waals surface area (Å²) in [6.07, 6.45) is 1.39. The van der Waals surface area contributed by atoms with Crippen molar-refractivity contribution >= 4 is 34.4 Å². The van der Waals surface area contributed by atoms with Crippen molar-refractivity contribution in [1.29, 1.82) is 0 Å². The van der Waals surface area contributed by atoms with Crippen LogP contribution in [0, 0.1) is 0 Å². The predicted octanol–water partition coefficient (Wildman–Crippen LogP) is 1.81. The van der Waals surface area contributed by atoms with Gasteiger partial charge in [0.15, 0.2) is 11.0 Å². The van der Waals surface area contributed by atoms with E-state index in [9.17, 15) is 0 Å². The van der Waals surface area contributed by atoms with Crippen molar-refractivity contribution in [3.8, 4) is 0 Å². The second kappa shape index (κ2) is 4.63. The number of thiazole rings is 1. The van der Waals surface area contributed by atoms with E-state index in [4.69, 9.17) is 17.3 Å². The second-order valence-corrected chi connectivity index (χ2v) is 4.31. The fraction of sp³-hybridized carbons (Fsp3) is 0.222. The van der Waals surface area contributed by atoms with E-state index in [-0.39, 0.29) is 5.15 Å². The van der Waals surface area contributed by atoms with Crippen LogP contribution in [0.3, 0.4) is 0 Å². The molecule has 2 aromatic heterocycles. The van der Waals surface area contributed by atoms with Crippen LogP contribution in [0.4, 0.5) is 11.5 Å². The van der Waals surface area contributed by atoms with Gasteiger partial charge in [-0.2, -0.15) is 0 Å². The average molecular weight is 256 g/mol. The Kier molecular flexibility index (Phi) is 3.21. The number of aromatic nitrogens is 3. The number of hydrogen-bond donors (Lipinski definition) is 1. The lowest BCUT2D eigenvalue weighted by Crippen LogP contribution is -2.19. The smallest absolute Gasteiger partial charge is 0.157 e. The van der Waals surface area contributed by atoms with Gasteiger partial charge in [-0.3, -0.25) is 0 Å². The third kappa shape index (κ3) is 2.23. The minimum absolute atomic E-state index is 0.273. The Bertz CT molecular complexity index is 473. The molecule has 0 amide bonds. The number of hydrogen-bond acceptors (Lipinski definition) is 6. The molecule has 0 aromatic carbocycles. The molecule has 2 N–H and O–H groups in total. The van der Waals surface area contributed by atoms with E-state index in [2.05, 4.69) is 15.0 Å². The first-order chi connectivity index (χ1) is 7.68. The molecule has 5 nitrogen and oxygen atoms in total. The van der Waals surface area contributed by atoms with Crippen LogP contribution in [0.1, 0.15) is 5.69 Å². The molecule has 0 radical (unpaired) electrons. The highest BCUT2D eigenvalue weighted by Gasteiger charge is 2.11. The molecule has 0 aliphatic carbocycles. The van der Waals surface area contributed by atoms with Gasteiger partial charge < -0.3 is 10.6 Å². The first-order valence-electron chi connectivity index (χ1n) is 4.52. The molecule has 0 atom stereocenters. The van der Waals surface area contributed by atoms with E-state index in [0.717, 1.165) is 5.69 Å². The van der Waals surface area contributed by atoms with Crippen molar-refractivity contribution < 1.29 is 0 Å². The van der Waals surface area contributed by atoms with Gasteiger partial charge >= 0.3 is 0 Å².